The van der Waals surface area contributed by atoms with Crippen LogP contribution in [0.1, 0.15) is 47.0 Å². The fourth-order valence-corrected chi connectivity index (χ4v) is 3.02. The molecular weight excluding hydrogens is 398 g/mol. The van der Waals surface area contributed by atoms with Crippen molar-refractivity contribution in [2.45, 2.75) is 77.6 Å². The Morgan fingerprint density at radius 2 is 1.60 bits per heavy atom. The third-order valence-electron chi connectivity index (χ3n) is 4.16. The smallest absolute Gasteiger partial charge is 0.303 e. The largest absolute Gasteiger partial charge is 0.463 e. The van der Waals surface area contributed by atoms with Gasteiger partial charge in [-0.3, -0.25) is 19.2 Å². The van der Waals surface area contributed by atoms with Crippen LogP contribution in [0.15, 0.2) is 12.7 Å². The van der Waals surface area contributed by atoms with E-state index in [2.05, 4.69) is 11.9 Å². The zero-order valence-corrected chi connectivity index (χ0v) is 17.9. The van der Waals surface area contributed by atoms with Gasteiger partial charge in [0.25, 0.3) is 0 Å². The van der Waals surface area contributed by atoms with Crippen molar-refractivity contribution in [2.24, 2.45) is 0 Å². The molecule has 30 heavy (non-hydrogen) atoms. The summed E-state index contributed by atoms with van der Waals surface area (Å²) in [7, 11) is 0. The van der Waals surface area contributed by atoms with E-state index in [-0.39, 0.29) is 6.61 Å². The van der Waals surface area contributed by atoms with Crippen molar-refractivity contribution in [3.63, 3.8) is 0 Å². The van der Waals surface area contributed by atoms with E-state index in [0.29, 0.717) is 13.0 Å². The second-order valence-corrected chi connectivity index (χ2v) is 6.88. The van der Waals surface area contributed by atoms with Crippen LogP contribution in [0.2, 0.25) is 0 Å². The Kier molecular flexibility index (Phi) is 11.1. The van der Waals surface area contributed by atoms with E-state index >= 15 is 0 Å². The fourth-order valence-electron chi connectivity index (χ4n) is 3.02. The maximum absolute atomic E-state index is 11.8. The van der Waals surface area contributed by atoms with Crippen molar-refractivity contribution in [2.75, 3.05) is 13.2 Å². The first-order valence-electron chi connectivity index (χ1n) is 9.78. The second kappa shape index (κ2) is 13.0. The Hall–Kier alpha value is -2.46. The number of carbonyl (C=O) groups excluding carboxylic acids is 4. The molecule has 10 nitrogen and oxygen atoms in total. The Morgan fingerprint density at radius 3 is 2.13 bits per heavy atom. The van der Waals surface area contributed by atoms with Crippen LogP contribution in [0, 0.1) is 0 Å². The molecular formula is C20H31NO9. The van der Waals surface area contributed by atoms with Gasteiger partial charge >= 0.3 is 17.9 Å². The van der Waals surface area contributed by atoms with Gasteiger partial charge < -0.3 is 29.0 Å². The lowest BCUT2D eigenvalue weighted by atomic mass is 9.96. The summed E-state index contributed by atoms with van der Waals surface area (Å²) < 4.78 is 27.4. The molecule has 1 aliphatic rings. The summed E-state index contributed by atoms with van der Waals surface area (Å²) in [4.78, 5) is 46.4. The standard InChI is InChI=1S/C20H31NO9/c1-6-7-8-9-10-26-20-17(21-12(2)22)19(29-15(5)25)18(28-14(4)24)16(30-20)11-27-13(3)23/h6,16-20H,1,7-11H2,2-5H3,(H,21,22)/t16?,17?,18-,19+,20+/m0/s1. The molecule has 1 fully saturated rings. The van der Waals surface area contributed by atoms with Crippen LogP contribution in [0.4, 0.5) is 0 Å². The third-order valence-corrected chi connectivity index (χ3v) is 4.16. The molecule has 1 aliphatic heterocycles. The molecule has 0 aromatic rings. The van der Waals surface area contributed by atoms with E-state index < -0.39 is 54.5 Å². The third kappa shape index (κ3) is 8.91. The number of carbonyl (C=O) groups is 4. The molecule has 1 amide bonds. The van der Waals surface area contributed by atoms with Gasteiger partial charge in [-0.05, 0) is 19.3 Å². The molecule has 0 aromatic heterocycles. The van der Waals surface area contributed by atoms with Crippen LogP contribution >= 0.6 is 0 Å². The molecule has 2 unspecified atom stereocenters. The first-order valence-corrected chi connectivity index (χ1v) is 9.78. The number of esters is 3. The Bertz CT molecular complexity index is 621. The van der Waals surface area contributed by atoms with Crippen LogP contribution in [-0.4, -0.2) is 67.7 Å². The van der Waals surface area contributed by atoms with Gasteiger partial charge in [0.05, 0.1) is 0 Å². The minimum Gasteiger partial charge on any atom is -0.463 e. The van der Waals surface area contributed by atoms with Crippen LogP contribution in [0.5, 0.6) is 0 Å². The molecule has 1 rings (SSSR count). The molecule has 10 heteroatoms. The summed E-state index contributed by atoms with van der Waals surface area (Å²) in [5, 5.41) is 2.65. The molecule has 1 heterocycles. The first-order chi connectivity index (χ1) is 14.1. The van der Waals surface area contributed by atoms with E-state index in [4.69, 9.17) is 23.7 Å². The van der Waals surface area contributed by atoms with Crippen molar-refractivity contribution in [1.29, 1.82) is 0 Å². The molecule has 0 aliphatic carbocycles. The molecule has 5 atom stereocenters. The number of allylic oxidation sites excluding steroid dienone is 1. The maximum Gasteiger partial charge on any atom is 0.303 e. The highest BCUT2D eigenvalue weighted by molar-refractivity contribution is 5.73. The average Bonchev–Trinajstić information content (AvgIpc) is 2.63. The Morgan fingerprint density at radius 1 is 0.967 bits per heavy atom. The lowest BCUT2D eigenvalue weighted by Crippen LogP contribution is -2.66. The summed E-state index contributed by atoms with van der Waals surface area (Å²) in [6.07, 6.45) is -0.0397. The normalized spacial score (nSPS) is 25.7. The maximum atomic E-state index is 11.8. The van der Waals surface area contributed by atoms with Crippen LogP contribution in [-0.2, 0) is 42.9 Å². The Balaban J connectivity index is 3.14. The second-order valence-electron chi connectivity index (χ2n) is 6.88. The van der Waals surface area contributed by atoms with Crippen molar-refractivity contribution >= 4 is 23.8 Å². The lowest BCUT2D eigenvalue weighted by Gasteiger charge is -2.44. The molecule has 170 valence electrons. The summed E-state index contributed by atoms with van der Waals surface area (Å²) in [5.41, 5.74) is 0. The number of hydrogen-bond donors (Lipinski definition) is 1. The first kappa shape index (κ1) is 25.6. The summed E-state index contributed by atoms with van der Waals surface area (Å²) in [6, 6.07) is -0.941. The summed E-state index contributed by atoms with van der Waals surface area (Å²) in [5.74, 6) is -2.28. The molecule has 1 N–H and O–H groups in total. The summed E-state index contributed by atoms with van der Waals surface area (Å²) in [6.45, 7) is 8.60. The summed E-state index contributed by atoms with van der Waals surface area (Å²) >= 11 is 0. The van der Waals surface area contributed by atoms with Crippen molar-refractivity contribution in [1.82, 2.24) is 5.32 Å². The predicted octanol–water partition coefficient (Wildman–Crippen LogP) is 1.02. The van der Waals surface area contributed by atoms with Crippen LogP contribution in [0.25, 0.3) is 0 Å². The quantitative estimate of drug-likeness (QED) is 0.222. The van der Waals surface area contributed by atoms with E-state index in [0.717, 1.165) is 12.8 Å². The van der Waals surface area contributed by atoms with E-state index in [9.17, 15) is 19.2 Å². The topological polar surface area (TPSA) is 126 Å². The van der Waals surface area contributed by atoms with E-state index in [1.807, 2.05) is 0 Å². The highest BCUT2D eigenvalue weighted by Crippen LogP contribution is 2.28. The average molecular weight is 429 g/mol. The van der Waals surface area contributed by atoms with Gasteiger partial charge in [0.15, 0.2) is 18.5 Å². The van der Waals surface area contributed by atoms with Gasteiger partial charge in [0.1, 0.15) is 18.8 Å². The van der Waals surface area contributed by atoms with Crippen LogP contribution < -0.4 is 5.32 Å². The number of nitrogens with one attached hydrogen (secondary N) is 1. The molecule has 0 radical (unpaired) electrons. The van der Waals surface area contributed by atoms with Gasteiger partial charge in [0, 0.05) is 34.3 Å². The lowest BCUT2D eigenvalue weighted by molar-refractivity contribution is -0.277. The van der Waals surface area contributed by atoms with E-state index in [1.54, 1.807) is 6.08 Å². The van der Waals surface area contributed by atoms with Gasteiger partial charge in [-0.2, -0.15) is 0 Å². The van der Waals surface area contributed by atoms with Crippen LogP contribution in [0.3, 0.4) is 0 Å². The minimum atomic E-state index is -1.12. The van der Waals surface area contributed by atoms with Gasteiger partial charge in [0.2, 0.25) is 5.91 Å². The monoisotopic (exact) mass is 429 g/mol. The molecule has 1 saturated heterocycles. The fraction of sp³-hybridized carbons (Fsp3) is 0.700. The predicted molar refractivity (Wildman–Crippen MR) is 104 cm³/mol. The highest BCUT2D eigenvalue weighted by Gasteiger charge is 2.51. The van der Waals surface area contributed by atoms with Gasteiger partial charge in [-0.1, -0.05) is 6.08 Å². The van der Waals surface area contributed by atoms with Crippen molar-refractivity contribution in [3.8, 4) is 0 Å². The highest BCUT2D eigenvalue weighted by atomic mass is 16.7. The van der Waals surface area contributed by atoms with Crippen molar-refractivity contribution in [3.05, 3.63) is 12.7 Å². The minimum absolute atomic E-state index is 0.256. The van der Waals surface area contributed by atoms with E-state index in [1.165, 1.54) is 27.7 Å². The molecule has 0 saturated carbocycles. The number of amides is 1. The zero-order valence-electron chi connectivity index (χ0n) is 17.9. The zero-order chi connectivity index (χ0) is 22.7. The number of hydrogen-bond acceptors (Lipinski definition) is 9. The number of ether oxygens (including phenoxy) is 5. The van der Waals surface area contributed by atoms with Gasteiger partial charge in [-0.25, -0.2) is 0 Å². The molecule has 0 aromatic carbocycles. The molecule has 0 bridgehead atoms. The molecule has 0 spiro atoms. The van der Waals surface area contributed by atoms with Gasteiger partial charge in [-0.15, -0.1) is 6.58 Å². The number of unbranched alkanes of at least 4 members (excludes halogenated alkanes) is 2. The Labute approximate surface area is 176 Å². The SMILES string of the molecule is C=CCCCCO[C@@H]1OC(COC(C)=O)[C@H](OC(C)=O)[C@H](OC(C)=O)C1NC(C)=O. The van der Waals surface area contributed by atoms with Crippen molar-refractivity contribution < 1.29 is 42.9 Å². The number of rotatable bonds is 11.